The summed E-state index contributed by atoms with van der Waals surface area (Å²) in [7, 11) is 1.66. The Balaban J connectivity index is 2.34. The van der Waals surface area contributed by atoms with Crippen molar-refractivity contribution in [3.63, 3.8) is 0 Å². The first kappa shape index (κ1) is 10.6. The number of hydrogen-bond donors (Lipinski definition) is 1. The van der Waals surface area contributed by atoms with Gasteiger partial charge < -0.3 is 10.5 Å². The molecule has 0 saturated carbocycles. The van der Waals surface area contributed by atoms with Gasteiger partial charge >= 0.3 is 0 Å². The molecule has 0 saturated heterocycles. The van der Waals surface area contributed by atoms with Gasteiger partial charge in [-0.2, -0.15) is 0 Å². The van der Waals surface area contributed by atoms with Crippen LogP contribution in [0.4, 0.5) is 0 Å². The Hall–Kier alpha value is -1.87. The third-order valence-electron chi connectivity index (χ3n) is 2.45. The van der Waals surface area contributed by atoms with Gasteiger partial charge in [0.2, 0.25) is 0 Å². The normalized spacial score (nSPS) is 10.1. The topological polar surface area (TPSA) is 48.1 Å². The van der Waals surface area contributed by atoms with E-state index in [-0.39, 0.29) is 0 Å². The molecule has 0 spiro atoms. The summed E-state index contributed by atoms with van der Waals surface area (Å²) in [6, 6.07) is 9.94. The Morgan fingerprint density at radius 3 is 2.50 bits per heavy atom. The minimum Gasteiger partial charge on any atom is -0.497 e. The Morgan fingerprint density at radius 2 is 1.88 bits per heavy atom. The highest BCUT2D eigenvalue weighted by Gasteiger charge is 1.99. The Labute approximate surface area is 94.9 Å². The lowest BCUT2D eigenvalue weighted by Crippen LogP contribution is -1.97. The molecule has 2 aromatic rings. The van der Waals surface area contributed by atoms with Gasteiger partial charge in [0, 0.05) is 24.5 Å². The standard InChI is InChI=1S/C13H14N2O/c1-16-13-4-2-11(3-5-13)12-6-10(7-14)8-15-9-12/h2-6,8-9H,7,14H2,1H3. The van der Waals surface area contributed by atoms with Gasteiger partial charge in [0.1, 0.15) is 5.75 Å². The number of hydrogen-bond acceptors (Lipinski definition) is 3. The fraction of sp³-hybridized carbons (Fsp3) is 0.154. The van der Waals surface area contributed by atoms with Crippen LogP contribution in [0.3, 0.4) is 0 Å². The summed E-state index contributed by atoms with van der Waals surface area (Å²) in [5, 5.41) is 0. The van der Waals surface area contributed by atoms with Crippen LogP contribution in [0.5, 0.6) is 5.75 Å². The Kier molecular flexibility index (Phi) is 3.17. The number of nitrogens with zero attached hydrogens (tertiary/aromatic N) is 1. The van der Waals surface area contributed by atoms with Crippen molar-refractivity contribution in [2.45, 2.75) is 6.54 Å². The number of nitrogens with two attached hydrogens (primary N) is 1. The van der Waals surface area contributed by atoms with E-state index in [9.17, 15) is 0 Å². The van der Waals surface area contributed by atoms with Crippen molar-refractivity contribution in [1.29, 1.82) is 0 Å². The van der Waals surface area contributed by atoms with E-state index in [0.29, 0.717) is 6.54 Å². The van der Waals surface area contributed by atoms with Crippen LogP contribution in [0.15, 0.2) is 42.7 Å². The quantitative estimate of drug-likeness (QED) is 0.852. The molecular weight excluding hydrogens is 200 g/mol. The first-order valence-corrected chi connectivity index (χ1v) is 5.12. The van der Waals surface area contributed by atoms with Gasteiger partial charge in [-0.25, -0.2) is 0 Å². The van der Waals surface area contributed by atoms with Crippen LogP contribution in [0.2, 0.25) is 0 Å². The maximum absolute atomic E-state index is 5.58. The molecule has 2 rings (SSSR count). The lowest BCUT2D eigenvalue weighted by Gasteiger charge is -2.04. The summed E-state index contributed by atoms with van der Waals surface area (Å²) < 4.78 is 5.11. The molecule has 0 radical (unpaired) electrons. The monoisotopic (exact) mass is 214 g/mol. The van der Waals surface area contributed by atoms with Gasteiger partial charge in [-0.1, -0.05) is 12.1 Å². The molecule has 0 aliphatic rings. The largest absolute Gasteiger partial charge is 0.497 e. The SMILES string of the molecule is COc1ccc(-c2cncc(CN)c2)cc1. The molecular formula is C13H14N2O. The highest BCUT2D eigenvalue weighted by Crippen LogP contribution is 2.22. The van der Waals surface area contributed by atoms with Crippen molar-refractivity contribution in [2.75, 3.05) is 7.11 Å². The highest BCUT2D eigenvalue weighted by molar-refractivity contribution is 5.63. The molecule has 0 unspecified atom stereocenters. The van der Waals surface area contributed by atoms with E-state index in [1.165, 1.54) is 0 Å². The summed E-state index contributed by atoms with van der Waals surface area (Å²) in [5.41, 5.74) is 8.81. The lowest BCUT2D eigenvalue weighted by molar-refractivity contribution is 0.415. The van der Waals surface area contributed by atoms with E-state index < -0.39 is 0 Å². The van der Waals surface area contributed by atoms with Crippen molar-refractivity contribution < 1.29 is 4.74 Å². The number of rotatable bonds is 3. The molecule has 0 amide bonds. The number of pyridine rings is 1. The molecule has 82 valence electrons. The Bertz CT molecular complexity index is 466. The van der Waals surface area contributed by atoms with Crippen molar-refractivity contribution in [3.8, 4) is 16.9 Å². The number of aromatic nitrogens is 1. The van der Waals surface area contributed by atoms with E-state index in [2.05, 4.69) is 11.1 Å². The maximum Gasteiger partial charge on any atom is 0.118 e. The molecule has 0 aliphatic carbocycles. The second kappa shape index (κ2) is 4.77. The van der Waals surface area contributed by atoms with E-state index in [0.717, 1.165) is 22.4 Å². The van der Waals surface area contributed by atoms with Crippen LogP contribution in [0.25, 0.3) is 11.1 Å². The molecule has 16 heavy (non-hydrogen) atoms. The van der Waals surface area contributed by atoms with Gasteiger partial charge in [-0.05, 0) is 29.3 Å². The molecule has 1 aromatic heterocycles. The molecule has 0 aliphatic heterocycles. The predicted molar refractivity (Wildman–Crippen MR) is 64.1 cm³/mol. The summed E-state index contributed by atoms with van der Waals surface area (Å²) >= 11 is 0. The molecule has 0 atom stereocenters. The first-order chi connectivity index (χ1) is 7.83. The number of methoxy groups -OCH3 is 1. The van der Waals surface area contributed by atoms with Gasteiger partial charge in [0.15, 0.2) is 0 Å². The van der Waals surface area contributed by atoms with Crippen molar-refractivity contribution in [3.05, 3.63) is 48.3 Å². The fourth-order valence-corrected chi connectivity index (χ4v) is 1.54. The molecule has 0 fully saturated rings. The lowest BCUT2D eigenvalue weighted by atomic mass is 10.1. The van der Waals surface area contributed by atoms with Crippen LogP contribution in [0, 0.1) is 0 Å². The zero-order valence-corrected chi connectivity index (χ0v) is 9.18. The summed E-state index contributed by atoms with van der Waals surface area (Å²) in [6.07, 6.45) is 3.62. The molecule has 3 heteroatoms. The van der Waals surface area contributed by atoms with Gasteiger partial charge in [0.25, 0.3) is 0 Å². The van der Waals surface area contributed by atoms with Crippen molar-refractivity contribution in [2.24, 2.45) is 5.73 Å². The zero-order chi connectivity index (χ0) is 11.4. The van der Waals surface area contributed by atoms with Crippen molar-refractivity contribution >= 4 is 0 Å². The fourth-order valence-electron chi connectivity index (χ4n) is 1.54. The maximum atomic E-state index is 5.58. The van der Waals surface area contributed by atoms with Crippen LogP contribution in [-0.4, -0.2) is 12.1 Å². The first-order valence-electron chi connectivity index (χ1n) is 5.12. The Morgan fingerprint density at radius 1 is 1.12 bits per heavy atom. The van der Waals surface area contributed by atoms with Crippen LogP contribution in [-0.2, 0) is 6.54 Å². The van der Waals surface area contributed by atoms with Crippen molar-refractivity contribution in [1.82, 2.24) is 4.98 Å². The zero-order valence-electron chi connectivity index (χ0n) is 9.18. The minimum atomic E-state index is 0.511. The van der Waals surface area contributed by atoms with Crippen LogP contribution >= 0.6 is 0 Å². The average molecular weight is 214 g/mol. The van der Waals surface area contributed by atoms with E-state index in [1.54, 1.807) is 13.3 Å². The summed E-state index contributed by atoms with van der Waals surface area (Å²) in [5.74, 6) is 0.853. The number of ether oxygens (including phenoxy) is 1. The third kappa shape index (κ3) is 2.20. The molecule has 2 N–H and O–H groups in total. The molecule has 1 aromatic carbocycles. The molecule has 0 bridgehead atoms. The predicted octanol–water partition coefficient (Wildman–Crippen LogP) is 2.22. The molecule has 3 nitrogen and oxygen atoms in total. The number of benzene rings is 1. The molecule has 1 heterocycles. The van der Waals surface area contributed by atoms with E-state index in [1.807, 2.05) is 30.5 Å². The third-order valence-corrected chi connectivity index (χ3v) is 2.45. The van der Waals surface area contributed by atoms with Crippen LogP contribution in [0.1, 0.15) is 5.56 Å². The van der Waals surface area contributed by atoms with E-state index in [4.69, 9.17) is 10.5 Å². The average Bonchev–Trinajstić information content (AvgIpc) is 2.39. The second-order valence-corrected chi connectivity index (χ2v) is 3.51. The second-order valence-electron chi connectivity index (χ2n) is 3.51. The van der Waals surface area contributed by atoms with Gasteiger partial charge in [-0.3, -0.25) is 4.98 Å². The summed E-state index contributed by atoms with van der Waals surface area (Å²) in [6.45, 7) is 0.511. The van der Waals surface area contributed by atoms with E-state index >= 15 is 0 Å². The van der Waals surface area contributed by atoms with Crippen LogP contribution < -0.4 is 10.5 Å². The van der Waals surface area contributed by atoms with Gasteiger partial charge in [-0.15, -0.1) is 0 Å². The summed E-state index contributed by atoms with van der Waals surface area (Å²) in [4.78, 5) is 4.16. The highest BCUT2D eigenvalue weighted by atomic mass is 16.5. The minimum absolute atomic E-state index is 0.511. The smallest absolute Gasteiger partial charge is 0.118 e. The van der Waals surface area contributed by atoms with Gasteiger partial charge in [0.05, 0.1) is 7.11 Å².